The molecule has 0 aliphatic heterocycles. The molecule has 0 fully saturated rings. The SMILES string of the molecule is [Ge+4].[Ge+4].[Ge+4].[In+3].[In+3].[In+3].[N-3].[N-3].[N-3].[N-3].[N-3].[N-3].[N-3]. The summed E-state index contributed by atoms with van der Waals surface area (Å²) >= 11 is 0. The van der Waals surface area contributed by atoms with E-state index in [2.05, 4.69) is 0 Å². The van der Waals surface area contributed by atoms with Crippen LogP contribution in [0, 0.1) is 0 Å². The molecule has 13 heavy (non-hydrogen) atoms. The summed E-state index contributed by atoms with van der Waals surface area (Å²) in [5.74, 6) is 0. The van der Waals surface area contributed by atoms with Gasteiger partial charge in [-0.2, -0.15) is 0 Å². The average molecular weight is 660 g/mol. The maximum Gasteiger partial charge on any atom is 4.00 e. The molecule has 0 spiro atoms. The number of hydrogen-bond acceptors (Lipinski definition) is 0. The van der Waals surface area contributed by atoms with Gasteiger partial charge in [0.05, 0.1) is 0 Å². The van der Waals surface area contributed by atoms with Crippen LogP contribution in [0.1, 0.15) is 0 Å². The molecule has 0 radical (unpaired) electrons. The monoisotopic (exact) mass is 664 g/mol. The van der Waals surface area contributed by atoms with Crippen LogP contribution in [0.15, 0.2) is 0 Å². The van der Waals surface area contributed by atoms with Gasteiger partial charge < -0.3 is 43.1 Å². The Hall–Kier alpha value is 3.96. The molecule has 0 amide bonds. The molecular weight excluding hydrogens is 660 g/mol. The molecule has 7 nitrogen and oxygen atoms in total. The summed E-state index contributed by atoms with van der Waals surface area (Å²) in [5.41, 5.74) is 0. The number of rotatable bonds is 0. The molecule has 0 saturated carbocycles. The van der Waals surface area contributed by atoms with E-state index in [0.717, 1.165) is 0 Å². The summed E-state index contributed by atoms with van der Waals surface area (Å²) in [6.45, 7) is 0. The smallest absolute Gasteiger partial charge is 3.00 e. The van der Waals surface area contributed by atoms with Crippen molar-refractivity contribution in [1.29, 1.82) is 0 Å². The van der Waals surface area contributed by atoms with Crippen molar-refractivity contribution in [3.63, 3.8) is 0 Å². The largest absolute Gasteiger partial charge is 4.00 e. The topological polar surface area (TPSA) is 214 Å². The molecule has 0 bridgehead atoms. The summed E-state index contributed by atoms with van der Waals surface area (Å²) < 4.78 is 0. The van der Waals surface area contributed by atoms with Crippen molar-refractivity contribution in [2.24, 2.45) is 0 Å². The Labute approximate surface area is 170 Å². The minimum atomic E-state index is 0. The van der Waals surface area contributed by atoms with Crippen molar-refractivity contribution < 1.29 is 0 Å². The zero-order valence-corrected chi connectivity index (χ0v) is 22.5. The molecule has 0 aromatic carbocycles. The van der Waals surface area contributed by atoms with Crippen LogP contribution in [-0.2, 0) is 0 Å². The summed E-state index contributed by atoms with van der Waals surface area (Å²) in [7, 11) is 0. The van der Waals surface area contributed by atoms with E-state index in [9.17, 15) is 0 Å². The van der Waals surface area contributed by atoms with Crippen molar-refractivity contribution in [2.45, 2.75) is 0 Å². The van der Waals surface area contributed by atoms with E-state index < -0.39 is 0 Å². The molecule has 0 unspecified atom stereocenters. The molecular formula is Ge3In3N7. The second-order valence-corrected chi connectivity index (χ2v) is 0. The fraction of sp³-hybridized carbons (Fsp3) is 0. The van der Waals surface area contributed by atoms with Gasteiger partial charge in [-0.3, -0.25) is 0 Å². The van der Waals surface area contributed by atoms with Crippen LogP contribution in [0.3, 0.4) is 0 Å². The summed E-state index contributed by atoms with van der Waals surface area (Å²) in [4.78, 5) is 0. The van der Waals surface area contributed by atoms with Crippen molar-refractivity contribution in [2.75, 3.05) is 0 Å². The normalized spacial score (nSPS) is 0. The van der Waals surface area contributed by atoms with E-state index in [1.807, 2.05) is 0 Å². The zero-order valence-electron chi connectivity index (χ0n) is 6.36. The quantitative estimate of drug-likeness (QED) is 0.307. The third kappa shape index (κ3) is 198. The van der Waals surface area contributed by atoms with Gasteiger partial charge in [-0.05, 0) is 0 Å². The maximum absolute atomic E-state index is 0. The molecule has 0 heterocycles. The second kappa shape index (κ2) is 228. The first-order chi connectivity index (χ1) is 0. The van der Waals surface area contributed by atoms with Gasteiger partial charge in [0, 0.05) is 0 Å². The van der Waals surface area contributed by atoms with Crippen molar-refractivity contribution in [3.05, 3.63) is 43.1 Å². The Morgan fingerprint density at radius 3 is 0.231 bits per heavy atom. The van der Waals surface area contributed by atoms with Gasteiger partial charge in [0.25, 0.3) is 0 Å². The second-order valence-electron chi connectivity index (χ2n) is 0. The van der Waals surface area contributed by atoms with Gasteiger partial charge in [0.15, 0.2) is 0 Å². The summed E-state index contributed by atoms with van der Waals surface area (Å²) in [6, 6.07) is 0. The molecule has 0 rings (SSSR count). The zero-order chi connectivity index (χ0) is 0. The molecule has 0 aromatic rings. The van der Waals surface area contributed by atoms with Crippen LogP contribution in [0.4, 0.5) is 0 Å². The summed E-state index contributed by atoms with van der Waals surface area (Å²) in [6.07, 6.45) is 0. The molecule has 56 valence electrons. The van der Waals surface area contributed by atoms with Crippen LogP contribution < -0.4 is 0 Å². The molecule has 13 heteroatoms. The molecule has 0 atom stereocenters. The number of nitrogens with zero attached hydrogens (tertiary/aromatic N) is 7. The molecule has 0 aromatic heterocycles. The number of hydrogen-bond donors (Lipinski definition) is 0. The first-order valence-electron chi connectivity index (χ1n) is 0. The van der Waals surface area contributed by atoms with Crippen LogP contribution in [0.25, 0.3) is 43.1 Å². The fourth-order valence-electron chi connectivity index (χ4n) is 0. The van der Waals surface area contributed by atoms with Crippen molar-refractivity contribution >= 4 is 130 Å². The molecule has 0 N–H and O–H groups in total. The average Bonchev–Trinajstić information content (AvgIpc) is 0. The molecule has 0 aliphatic carbocycles. The van der Waals surface area contributed by atoms with Gasteiger partial charge in [-0.1, -0.05) is 0 Å². The third-order valence-electron chi connectivity index (χ3n) is 0. The van der Waals surface area contributed by atoms with Crippen LogP contribution >= 0.6 is 0 Å². The van der Waals surface area contributed by atoms with Crippen LogP contribution in [0.2, 0.25) is 0 Å². The van der Waals surface area contributed by atoms with Gasteiger partial charge in [0.1, 0.15) is 0 Å². The van der Waals surface area contributed by atoms with E-state index in [1.54, 1.807) is 0 Å². The van der Waals surface area contributed by atoms with Gasteiger partial charge in [0.2, 0.25) is 0 Å². The first-order valence-corrected chi connectivity index (χ1v) is 0. The Morgan fingerprint density at radius 1 is 0.231 bits per heavy atom. The van der Waals surface area contributed by atoms with Crippen molar-refractivity contribution in [1.82, 2.24) is 0 Å². The van der Waals surface area contributed by atoms with E-state index in [0.29, 0.717) is 0 Å². The summed E-state index contributed by atoms with van der Waals surface area (Å²) in [5, 5.41) is 0. The van der Waals surface area contributed by atoms with Crippen molar-refractivity contribution in [3.8, 4) is 0 Å². The van der Waals surface area contributed by atoms with Gasteiger partial charge >= 0.3 is 130 Å². The Morgan fingerprint density at radius 2 is 0.231 bits per heavy atom. The first kappa shape index (κ1) is 276. The Kier molecular flexibility index (Phi) is 4830. The van der Waals surface area contributed by atoms with Gasteiger partial charge in [-0.25, -0.2) is 0 Å². The minimum Gasteiger partial charge on any atom is -3.00 e. The standard InChI is InChI=1S/3Ge.3In.7N/q3*+4;3*+3;7*-3. The van der Waals surface area contributed by atoms with Gasteiger partial charge in [-0.15, -0.1) is 0 Å². The third-order valence-corrected chi connectivity index (χ3v) is 0. The fourth-order valence-corrected chi connectivity index (χ4v) is 0. The van der Waals surface area contributed by atoms with Crippen LogP contribution in [0.5, 0.6) is 0 Å². The Balaban J connectivity index is 0. The molecule has 0 aliphatic rings. The van der Waals surface area contributed by atoms with E-state index in [4.69, 9.17) is 0 Å². The predicted molar refractivity (Wildman–Crippen MR) is 58.0 cm³/mol. The molecule has 0 saturated heterocycles. The van der Waals surface area contributed by atoms with E-state index in [1.165, 1.54) is 0 Å². The van der Waals surface area contributed by atoms with E-state index >= 15 is 0 Å². The van der Waals surface area contributed by atoms with E-state index in [-0.39, 0.29) is 173 Å². The minimum absolute atomic E-state index is 0. The maximum atomic E-state index is 0. The van der Waals surface area contributed by atoms with Crippen LogP contribution in [-0.4, -0.2) is 130 Å². The predicted octanol–water partition coefficient (Wildman–Crippen LogP) is -0.264. The Bertz CT molecular complexity index is 18.9.